The molecular weight excluding hydrogens is 1120 g/mol. The summed E-state index contributed by atoms with van der Waals surface area (Å²) in [4.78, 5) is 56.1. The van der Waals surface area contributed by atoms with E-state index in [0.717, 1.165) is 18.7 Å². The number of aromatic nitrogens is 4. The Morgan fingerprint density at radius 1 is 0.646 bits per heavy atom. The van der Waals surface area contributed by atoms with Gasteiger partial charge in [-0.3, -0.25) is 25.0 Å². The summed E-state index contributed by atoms with van der Waals surface area (Å²) in [5, 5.41) is 44.9. The molecule has 0 atom stereocenters. The number of benzene rings is 4. The molecule has 24 nitrogen and oxygen atoms in total. The van der Waals surface area contributed by atoms with Crippen LogP contribution in [0.25, 0.3) is 0 Å². The molecule has 0 bridgehead atoms. The first-order valence-corrected chi connectivity index (χ1v) is 28.7. The Morgan fingerprint density at radius 2 is 1.06 bits per heavy atom. The van der Waals surface area contributed by atoms with E-state index in [2.05, 4.69) is 72.0 Å². The van der Waals surface area contributed by atoms with E-state index in [0.29, 0.717) is 57.3 Å². The van der Waals surface area contributed by atoms with Crippen LogP contribution in [0.3, 0.4) is 0 Å². The van der Waals surface area contributed by atoms with Crippen LogP contribution in [0, 0.1) is 26.0 Å². The molecule has 0 radical (unpaired) electrons. The second-order valence-corrected chi connectivity index (χ2v) is 24.3. The smallest absolute Gasteiger partial charge is 1.00 e. The molecule has 418 valence electrons. The number of hydrogen-bond donors (Lipinski definition) is 4. The van der Waals surface area contributed by atoms with Crippen LogP contribution in [0.5, 0.6) is 11.5 Å². The monoisotopic (exact) mass is 1190 g/mol. The van der Waals surface area contributed by atoms with Crippen LogP contribution in [0.4, 0.5) is 67.7 Å². The molecule has 0 aliphatic heterocycles. The van der Waals surface area contributed by atoms with Gasteiger partial charge in [-0.15, -0.1) is 0 Å². The number of anilines is 9. The SMILES string of the molecule is CCCCN(C)C.COc1cc(F)c([N+](=O)[O-])cc1Nc1nccc(Nc2ccccc2P(C)(C)=O)n1.COc1cc(N(C)CCN(C)C)c([N+](=O)[O-])cc1Nc1nccc(Nc2ccccc2P(C)(C)=O)n1.O=CO[O-].[H-].[K+].[K+]. The van der Waals surface area contributed by atoms with Crippen LogP contribution in [-0.4, -0.2) is 142 Å². The number of methoxy groups -OCH3 is 2. The number of carbonyl (C=O) groups excluding carboxylic acids is 1. The molecule has 0 fully saturated rings. The molecule has 4 N–H and O–H groups in total. The van der Waals surface area contributed by atoms with Gasteiger partial charge in [0, 0.05) is 67.4 Å². The normalized spacial score (nSPS) is 10.5. The Balaban J connectivity index is 0.00000128. The number of nitro groups is 2. The van der Waals surface area contributed by atoms with E-state index in [1.807, 2.05) is 54.2 Å². The van der Waals surface area contributed by atoms with E-state index in [1.54, 1.807) is 76.3 Å². The molecule has 6 aromatic rings. The van der Waals surface area contributed by atoms with Crippen LogP contribution in [0.15, 0.2) is 97.3 Å². The fourth-order valence-electron chi connectivity index (χ4n) is 6.76. The molecule has 0 unspecified atom stereocenters. The van der Waals surface area contributed by atoms with Crippen molar-refractivity contribution >= 4 is 94.7 Å². The molecule has 0 aliphatic carbocycles. The maximum Gasteiger partial charge on any atom is 1.00 e. The van der Waals surface area contributed by atoms with E-state index >= 15 is 0 Å². The minimum Gasteiger partial charge on any atom is -1.00 e. The summed E-state index contributed by atoms with van der Waals surface area (Å²) in [7, 11) is 7.68. The molecule has 0 spiro atoms. The van der Waals surface area contributed by atoms with Crippen LogP contribution in [-0.2, 0) is 18.8 Å². The van der Waals surface area contributed by atoms with Crippen molar-refractivity contribution < 1.29 is 152 Å². The molecule has 29 heteroatoms. The van der Waals surface area contributed by atoms with Gasteiger partial charge in [0.2, 0.25) is 17.7 Å². The standard InChI is InChI=1S/C24H32N7O4P.C19H19FN5O4P.C6H15N.CH2O3.2K.H/c1-29(2)13-14-30(3)19-16-21(35-4)18(15-20(19)31(32)33)27-24-25-12-11-23(28-24)26-17-9-7-8-10-22(17)36(5,6)34;1-29-16-10-12(20)15(25(26)27)11-14(16)23-19-21-9-8-18(24-19)22-13-6-4-5-7-17(13)30(2,3)28;1-4-5-6-7(2)3;2-1-4-3;;;/h7-12,15-16H,13-14H2,1-6H3,(H2,25,26,27,28);4-11H,1-3H3,(H2,21,22,23,24);4-6H2,1-3H3;1,3H;;;/q;;;;2*+1;-1/p-1. The summed E-state index contributed by atoms with van der Waals surface area (Å²) in [6.45, 7) is 11.4. The van der Waals surface area contributed by atoms with E-state index in [1.165, 1.54) is 45.9 Å². The number of hydrogen-bond acceptors (Lipinski definition) is 22. The number of rotatable bonds is 22. The van der Waals surface area contributed by atoms with Gasteiger partial charge in [0.15, 0.2) is 0 Å². The summed E-state index contributed by atoms with van der Waals surface area (Å²) in [6, 6.07) is 22.8. The average molecular weight is 1190 g/mol. The molecule has 2 heterocycles. The number of halogens is 1. The number of nitrogens with one attached hydrogen (secondary N) is 4. The molecule has 0 saturated carbocycles. The van der Waals surface area contributed by atoms with Gasteiger partial charge in [-0.2, -0.15) is 14.4 Å². The van der Waals surface area contributed by atoms with Crippen molar-refractivity contribution in [3.05, 3.63) is 123 Å². The summed E-state index contributed by atoms with van der Waals surface area (Å²) in [6.07, 6.45) is 5.66. The van der Waals surface area contributed by atoms with Crippen molar-refractivity contribution in [2.75, 3.05) is 122 Å². The Morgan fingerprint density at radius 3 is 1.43 bits per heavy atom. The van der Waals surface area contributed by atoms with E-state index < -0.39 is 35.6 Å². The summed E-state index contributed by atoms with van der Waals surface area (Å²) < 4.78 is 49.7. The predicted molar refractivity (Wildman–Crippen MR) is 301 cm³/mol. The molecule has 4 aromatic carbocycles. The first kappa shape index (κ1) is 72.5. The number of carbonyl (C=O) groups is 1. The van der Waals surface area contributed by atoms with Crippen LogP contribution in [0.1, 0.15) is 21.2 Å². The number of likely N-dealkylation sites (N-methyl/N-ethyl adjacent to an activating group) is 2. The van der Waals surface area contributed by atoms with Crippen LogP contribution in [0.2, 0.25) is 0 Å². The van der Waals surface area contributed by atoms with Crippen molar-refractivity contribution in [2.24, 2.45) is 0 Å². The zero-order chi connectivity index (χ0) is 57.5. The number of nitro benzene ring substituents is 2. The quantitative estimate of drug-likeness (QED) is 0.0189. The van der Waals surface area contributed by atoms with Gasteiger partial charge in [-0.1, -0.05) is 37.6 Å². The number of nitrogens with zero attached hydrogens (tertiary/aromatic N) is 9. The molecule has 0 saturated heterocycles. The fourth-order valence-corrected chi connectivity index (χ4v) is 9.07. The van der Waals surface area contributed by atoms with Crippen LogP contribution < -0.4 is 154 Å². The maximum atomic E-state index is 13.8. The van der Waals surface area contributed by atoms with Crippen molar-refractivity contribution in [1.29, 1.82) is 0 Å². The third-order valence-electron chi connectivity index (χ3n) is 10.5. The van der Waals surface area contributed by atoms with Crippen molar-refractivity contribution in [3.63, 3.8) is 0 Å². The van der Waals surface area contributed by atoms with E-state index in [-0.39, 0.29) is 140 Å². The Labute approximate surface area is 546 Å². The number of ether oxygens (including phenoxy) is 2. The molecule has 0 amide bonds. The van der Waals surface area contributed by atoms with Gasteiger partial charge in [0.1, 0.15) is 43.1 Å². The second-order valence-electron chi connectivity index (χ2n) is 17.9. The van der Waals surface area contributed by atoms with Crippen molar-refractivity contribution in [3.8, 4) is 11.5 Å². The van der Waals surface area contributed by atoms with Gasteiger partial charge in [0.05, 0.1) is 46.8 Å². The first-order valence-electron chi connectivity index (χ1n) is 23.5. The van der Waals surface area contributed by atoms with E-state index in [4.69, 9.17) is 19.5 Å². The van der Waals surface area contributed by atoms with Crippen molar-refractivity contribution in [2.45, 2.75) is 19.8 Å². The Kier molecular flexibility index (Phi) is 33.0. The third kappa shape index (κ3) is 24.6. The predicted octanol–water partition coefficient (Wildman–Crippen LogP) is 2.30. The zero-order valence-electron chi connectivity index (χ0n) is 48.1. The maximum absolute atomic E-state index is 13.8. The molecule has 6 rings (SSSR count). The first-order chi connectivity index (χ1) is 36.4. The summed E-state index contributed by atoms with van der Waals surface area (Å²) in [5.41, 5.74) is 1.50. The third-order valence-corrected chi connectivity index (χ3v) is 13.6. The molecule has 0 aliphatic rings. The number of unbranched alkanes of at least 4 members (excludes halogenated alkanes) is 1. The van der Waals surface area contributed by atoms with Gasteiger partial charge in [-0.05, 0) is 104 Å². The van der Waals surface area contributed by atoms with Crippen molar-refractivity contribution in [1.82, 2.24) is 29.7 Å². The van der Waals surface area contributed by atoms with Crippen LogP contribution >= 0.6 is 14.3 Å². The molecule has 2 aromatic heterocycles. The Bertz CT molecular complexity index is 3020. The molecular formula is C50H68FK2N13O11P2. The van der Waals surface area contributed by atoms with Gasteiger partial charge in [0.25, 0.3) is 12.2 Å². The minimum absolute atomic E-state index is 0. The minimum atomic E-state index is -2.53. The summed E-state index contributed by atoms with van der Waals surface area (Å²) in [5.74, 6) is 0.661. The number of para-hydroxylation sites is 2. The van der Waals surface area contributed by atoms with Gasteiger partial charge < -0.3 is 66.1 Å². The second kappa shape index (κ2) is 36.0. The van der Waals surface area contributed by atoms with Gasteiger partial charge >= 0.3 is 108 Å². The van der Waals surface area contributed by atoms with Gasteiger partial charge in [-0.25, -0.2) is 9.97 Å². The zero-order valence-corrected chi connectivity index (χ0v) is 55.2. The average Bonchev–Trinajstić information content (AvgIpc) is 3.37. The molecule has 79 heavy (non-hydrogen) atoms. The largest absolute Gasteiger partial charge is 1.00 e. The Hall–Kier alpha value is -4.55. The fraction of sp³-hybridized carbons (Fsp3) is 0.340. The topological polar surface area (TPSA) is 298 Å². The van der Waals surface area contributed by atoms with E-state index in [9.17, 15) is 33.7 Å². The summed E-state index contributed by atoms with van der Waals surface area (Å²) >= 11 is 0.